The van der Waals surface area contributed by atoms with E-state index in [0.29, 0.717) is 0 Å². The monoisotopic (exact) mass is 190 g/mol. The summed E-state index contributed by atoms with van der Waals surface area (Å²) in [5, 5.41) is 0. The number of rotatable bonds is 2. The highest BCUT2D eigenvalue weighted by atomic mass is 19.3. The van der Waals surface area contributed by atoms with E-state index in [9.17, 15) is 13.6 Å². The van der Waals surface area contributed by atoms with Gasteiger partial charge in [0, 0.05) is 0 Å². The number of alkyl halides is 2. The SMILES string of the molecule is N[C@@H](C(=O)N1CC(F)(F)C1)C1CC1. The summed E-state index contributed by atoms with van der Waals surface area (Å²) in [6.45, 7) is -0.904. The van der Waals surface area contributed by atoms with Crippen LogP contribution in [0.4, 0.5) is 8.78 Å². The predicted octanol–water partition coefficient (Wildman–Crippen LogP) is 0.201. The minimum atomic E-state index is -2.68. The number of likely N-dealkylation sites (tertiary alicyclic amines) is 1. The molecule has 1 aliphatic carbocycles. The van der Waals surface area contributed by atoms with E-state index in [4.69, 9.17) is 5.73 Å². The number of hydrogen-bond donors (Lipinski definition) is 1. The van der Waals surface area contributed by atoms with Gasteiger partial charge in [-0.15, -0.1) is 0 Å². The fourth-order valence-corrected chi connectivity index (χ4v) is 1.54. The maximum Gasteiger partial charge on any atom is 0.282 e. The van der Waals surface area contributed by atoms with Crippen LogP contribution in [0.2, 0.25) is 0 Å². The molecule has 74 valence electrons. The molecule has 2 fully saturated rings. The van der Waals surface area contributed by atoms with Crippen molar-refractivity contribution >= 4 is 5.91 Å². The fourth-order valence-electron chi connectivity index (χ4n) is 1.54. The molecule has 0 radical (unpaired) electrons. The van der Waals surface area contributed by atoms with Gasteiger partial charge in [0.2, 0.25) is 5.91 Å². The Hall–Kier alpha value is -0.710. The molecule has 5 heteroatoms. The number of amides is 1. The van der Waals surface area contributed by atoms with E-state index < -0.39 is 25.1 Å². The second-order valence-electron chi connectivity index (χ2n) is 3.91. The smallest absolute Gasteiger partial charge is 0.282 e. The Morgan fingerprint density at radius 3 is 2.38 bits per heavy atom. The van der Waals surface area contributed by atoms with E-state index in [1.807, 2.05) is 0 Å². The van der Waals surface area contributed by atoms with Crippen molar-refractivity contribution in [3.63, 3.8) is 0 Å². The summed E-state index contributed by atoms with van der Waals surface area (Å²) < 4.78 is 24.8. The molecular weight excluding hydrogens is 178 g/mol. The topological polar surface area (TPSA) is 46.3 Å². The van der Waals surface area contributed by atoms with Gasteiger partial charge in [-0.05, 0) is 18.8 Å². The molecular formula is C8H12F2N2O. The molecule has 0 unspecified atom stereocenters. The summed E-state index contributed by atoms with van der Waals surface area (Å²) in [6.07, 6.45) is 1.91. The zero-order valence-corrected chi connectivity index (χ0v) is 7.17. The lowest BCUT2D eigenvalue weighted by Crippen LogP contribution is -2.62. The average molecular weight is 190 g/mol. The van der Waals surface area contributed by atoms with Gasteiger partial charge in [0.1, 0.15) is 0 Å². The minimum absolute atomic E-state index is 0.238. The Kier molecular flexibility index (Phi) is 1.80. The van der Waals surface area contributed by atoms with Crippen LogP contribution in [0.15, 0.2) is 0 Å². The lowest BCUT2D eigenvalue weighted by molar-refractivity contribution is -0.167. The molecule has 13 heavy (non-hydrogen) atoms. The molecule has 0 bridgehead atoms. The molecule has 1 saturated heterocycles. The first kappa shape index (κ1) is 8.87. The van der Waals surface area contributed by atoms with Gasteiger partial charge in [-0.3, -0.25) is 4.79 Å². The third kappa shape index (κ3) is 1.65. The van der Waals surface area contributed by atoms with Crippen molar-refractivity contribution in [2.24, 2.45) is 11.7 Å². The normalized spacial score (nSPS) is 28.1. The summed E-state index contributed by atoms with van der Waals surface area (Å²) in [5.41, 5.74) is 5.59. The first-order chi connectivity index (χ1) is 5.99. The minimum Gasteiger partial charge on any atom is -0.329 e. The number of carbonyl (C=O) groups excluding carboxylic acids is 1. The molecule has 0 spiro atoms. The highest BCUT2D eigenvalue weighted by Gasteiger charge is 2.48. The Bertz CT molecular complexity index is 232. The van der Waals surface area contributed by atoms with Gasteiger partial charge < -0.3 is 10.6 Å². The third-order valence-electron chi connectivity index (χ3n) is 2.57. The number of carbonyl (C=O) groups is 1. The first-order valence-corrected chi connectivity index (χ1v) is 4.42. The molecule has 0 aromatic carbocycles. The third-order valence-corrected chi connectivity index (χ3v) is 2.57. The summed E-state index contributed by atoms with van der Waals surface area (Å²) in [5.74, 6) is -2.76. The van der Waals surface area contributed by atoms with E-state index in [1.54, 1.807) is 0 Å². The van der Waals surface area contributed by atoms with E-state index in [1.165, 1.54) is 0 Å². The standard InChI is InChI=1S/C8H12F2N2O/c9-8(10)3-12(4-8)7(13)6(11)5-1-2-5/h5-6H,1-4,11H2/t6-/m1/s1. The molecule has 2 aliphatic rings. The van der Waals surface area contributed by atoms with E-state index in [-0.39, 0.29) is 11.8 Å². The van der Waals surface area contributed by atoms with Crippen LogP contribution in [-0.4, -0.2) is 35.9 Å². The molecule has 1 amide bonds. The molecule has 3 nitrogen and oxygen atoms in total. The van der Waals surface area contributed by atoms with Crippen LogP contribution in [0.1, 0.15) is 12.8 Å². The second-order valence-corrected chi connectivity index (χ2v) is 3.91. The van der Waals surface area contributed by atoms with Crippen molar-refractivity contribution in [3.05, 3.63) is 0 Å². The molecule has 1 aliphatic heterocycles. The Morgan fingerprint density at radius 1 is 1.46 bits per heavy atom. The Morgan fingerprint density at radius 2 is 2.00 bits per heavy atom. The number of halogens is 2. The summed E-state index contributed by atoms with van der Waals surface area (Å²) in [7, 11) is 0. The van der Waals surface area contributed by atoms with Crippen molar-refractivity contribution in [1.29, 1.82) is 0 Å². The molecule has 1 atom stereocenters. The highest BCUT2D eigenvalue weighted by molar-refractivity contribution is 5.83. The molecule has 2 N–H and O–H groups in total. The predicted molar refractivity (Wildman–Crippen MR) is 42.2 cm³/mol. The first-order valence-electron chi connectivity index (χ1n) is 4.42. The van der Waals surface area contributed by atoms with Crippen molar-refractivity contribution in [2.75, 3.05) is 13.1 Å². The maximum absolute atomic E-state index is 12.4. The van der Waals surface area contributed by atoms with Gasteiger partial charge in [0.25, 0.3) is 5.92 Å². The van der Waals surface area contributed by atoms with Gasteiger partial charge in [-0.25, -0.2) is 8.78 Å². The zero-order valence-electron chi connectivity index (χ0n) is 7.17. The molecule has 1 saturated carbocycles. The number of hydrogen-bond acceptors (Lipinski definition) is 2. The molecule has 1 heterocycles. The van der Waals surface area contributed by atoms with Crippen LogP contribution >= 0.6 is 0 Å². The fraction of sp³-hybridized carbons (Fsp3) is 0.875. The van der Waals surface area contributed by atoms with Crippen molar-refractivity contribution in [3.8, 4) is 0 Å². The number of nitrogens with two attached hydrogens (primary N) is 1. The van der Waals surface area contributed by atoms with Crippen LogP contribution in [0.25, 0.3) is 0 Å². The maximum atomic E-state index is 12.4. The molecule has 0 aromatic rings. The highest BCUT2D eigenvalue weighted by Crippen LogP contribution is 2.34. The Labute approximate surface area is 74.9 Å². The van der Waals surface area contributed by atoms with Crippen LogP contribution in [0, 0.1) is 5.92 Å². The van der Waals surface area contributed by atoms with E-state index in [2.05, 4.69) is 0 Å². The van der Waals surface area contributed by atoms with Gasteiger partial charge in [0.15, 0.2) is 0 Å². The van der Waals surface area contributed by atoms with Crippen LogP contribution in [-0.2, 0) is 4.79 Å². The largest absolute Gasteiger partial charge is 0.329 e. The van der Waals surface area contributed by atoms with Crippen LogP contribution in [0.3, 0.4) is 0 Å². The van der Waals surface area contributed by atoms with Gasteiger partial charge >= 0.3 is 0 Å². The van der Waals surface area contributed by atoms with Gasteiger partial charge in [-0.1, -0.05) is 0 Å². The second kappa shape index (κ2) is 2.64. The average Bonchev–Trinajstić information content (AvgIpc) is 2.79. The van der Waals surface area contributed by atoms with Gasteiger partial charge in [-0.2, -0.15) is 0 Å². The lowest BCUT2D eigenvalue weighted by atomic mass is 10.1. The molecule has 0 aromatic heterocycles. The van der Waals surface area contributed by atoms with Crippen LogP contribution in [0.5, 0.6) is 0 Å². The van der Waals surface area contributed by atoms with Crippen LogP contribution < -0.4 is 5.73 Å². The number of nitrogens with zero attached hydrogens (tertiary/aromatic N) is 1. The van der Waals surface area contributed by atoms with Crippen molar-refractivity contribution in [2.45, 2.75) is 24.8 Å². The quantitative estimate of drug-likeness (QED) is 0.676. The van der Waals surface area contributed by atoms with Gasteiger partial charge in [0.05, 0.1) is 19.1 Å². The van der Waals surface area contributed by atoms with E-state index >= 15 is 0 Å². The van der Waals surface area contributed by atoms with Crippen molar-refractivity contribution in [1.82, 2.24) is 4.90 Å². The van der Waals surface area contributed by atoms with E-state index in [0.717, 1.165) is 17.7 Å². The lowest BCUT2D eigenvalue weighted by Gasteiger charge is -2.39. The summed E-state index contributed by atoms with van der Waals surface area (Å²) in [6, 6.07) is -0.545. The molecule has 2 rings (SSSR count). The summed E-state index contributed by atoms with van der Waals surface area (Å²) >= 11 is 0. The zero-order chi connectivity index (χ0) is 9.64. The van der Waals surface area contributed by atoms with Crippen molar-refractivity contribution < 1.29 is 13.6 Å². The summed E-state index contributed by atoms with van der Waals surface area (Å²) in [4.78, 5) is 12.5. The Balaban J connectivity index is 1.85.